The molecule has 0 aliphatic rings. The number of rotatable bonds is 7. The summed E-state index contributed by atoms with van der Waals surface area (Å²) in [5, 5.41) is 12.2. The predicted octanol–water partition coefficient (Wildman–Crippen LogP) is 5.46. The van der Waals surface area contributed by atoms with Crippen molar-refractivity contribution in [3.05, 3.63) is 114 Å². The zero-order chi connectivity index (χ0) is 25.3. The summed E-state index contributed by atoms with van der Waals surface area (Å²) in [5.74, 6) is 0.00686. The maximum absolute atomic E-state index is 13.2. The number of hydrogen-bond acceptors (Lipinski definition) is 4. The summed E-state index contributed by atoms with van der Waals surface area (Å²) < 4.78 is 25.6. The van der Waals surface area contributed by atoms with Crippen molar-refractivity contribution in [3.8, 4) is 16.8 Å². The number of carbonyl (C=O) groups excluding carboxylic acids is 1. The van der Waals surface area contributed by atoms with E-state index < -0.39 is 10.0 Å². The number of sulfonamides is 1. The number of ketones is 1. The smallest absolute Gasteiger partial charge is 0.238 e. The van der Waals surface area contributed by atoms with Crippen molar-refractivity contribution in [1.29, 1.82) is 0 Å². The van der Waals surface area contributed by atoms with E-state index in [1.54, 1.807) is 22.9 Å². The van der Waals surface area contributed by atoms with E-state index in [1.165, 1.54) is 6.07 Å². The number of Topliss-reactive ketones (excluding diaryl/α,β-unsaturated/α-hetero) is 1. The summed E-state index contributed by atoms with van der Waals surface area (Å²) in [6, 6.07) is 30.1. The van der Waals surface area contributed by atoms with E-state index in [0.29, 0.717) is 24.1 Å². The third-order valence-corrected chi connectivity index (χ3v) is 7.16. The zero-order valence-electron chi connectivity index (χ0n) is 19.8. The number of aryl methyl sites for hydroxylation is 2. The van der Waals surface area contributed by atoms with Gasteiger partial charge in [0.25, 0.3) is 0 Å². The maximum Gasteiger partial charge on any atom is 0.238 e. The molecule has 1 heterocycles. The fraction of sp³-hybridized carbons (Fsp3) is 0.103. The first-order chi connectivity index (χ1) is 17.3. The van der Waals surface area contributed by atoms with Crippen LogP contribution in [0.2, 0.25) is 0 Å². The van der Waals surface area contributed by atoms with Crippen molar-refractivity contribution < 1.29 is 13.2 Å². The second-order valence-corrected chi connectivity index (χ2v) is 10.3. The van der Waals surface area contributed by atoms with Crippen molar-refractivity contribution in [2.45, 2.75) is 24.7 Å². The molecule has 0 unspecified atom stereocenters. The van der Waals surface area contributed by atoms with Gasteiger partial charge in [0.05, 0.1) is 16.3 Å². The quantitative estimate of drug-likeness (QED) is 0.303. The number of aromatic nitrogens is 2. The maximum atomic E-state index is 13.2. The van der Waals surface area contributed by atoms with Crippen LogP contribution in [0.1, 0.15) is 28.2 Å². The van der Waals surface area contributed by atoms with Gasteiger partial charge in [0.15, 0.2) is 5.78 Å². The number of hydrogen-bond donors (Lipinski definition) is 1. The summed E-state index contributed by atoms with van der Waals surface area (Å²) in [6.07, 6.45) is 0.879. The number of primary sulfonamides is 1. The summed E-state index contributed by atoms with van der Waals surface area (Å²) in [5.41, 5.74) is 4.47. The highest BCUT2D eigenvalue weighted by Crippen LogP contribution is 2.27. The first kappa shape index (κ1) is 23.7. The average Bonchev–Trinajstić information content (AvgIpc) is 3.28. The number of benzene rings is 4. The molecule has 36 heavy (non-hydrogen) atoms. The van der Waals surface area contributed by atoms with Crippen LogP contribution in [0.5, 0.6) is 0 Å². The standard InChI is InChI=1S/C29H25N3O3S/c1-20-18-27(32(31-20)25-16-15-22-6-2-3-7-24(22)19-25)28(33)17-12-21-10-13-23(14-11-21)26-8-4-5-9-29(26)36(30,34)35/h2-11,13-16,18-19H,12,17H2,1H3,(H2,30,34,35). The van der Waals surface area contributed by atoms with E-state index in [4.69, 9.17) is 5.14 Å². The Morgan fingerprint density at radius 3 is 2.31 bits per heavy atom. The Morgan fingerprint density at radius 1 is 0.861 bits per heavy atom. The van der Waals surface area contributed by atoms with Gasteiger partial charge in [-0.15, -0.1) is 0 Å². The number of fused-ring (bicyclic) bond motifs is 1. The van der Waals surface area contributed by atoms with Crippen molar-refractivity contribution in [1.82, 2.24) is 9.78 Å². The topological polar surface area (TPSA) is 95.0 Å². The highest BCUT2D eigenvalue weighted by molar-refractivity contribution is 7.89. The Labute approximate surface area is 210 Å². The molecule has 1 aromatic heterocycles. The molecule has 180 valence electrons. The lowest BCUT2D eigenvalue weighted by atomic mass is 10.0. The molecule has 0 aliphatic carbocycles. The van der Waals surface area contributed by atoms with E-state index in [-0.39, 0.29) is 10.7 Å². The summed E-state index contributed by atoms with van der Waals surface area (Å²) in [6.45, 7) is 1.88. The normalized spacial score (nSPS) is 11.6. The second-order valence-electron chi connectivity index (χ2n) is 8.78. The van der Waals surface area contributed by atoms with E-state index in [9.17, 15) is 13.2 Å². The van der Waals surface area contributed by atoms with Crippen molar-refractivity contribution >= 4 is 26.6 Å². The third kappa shape index (κ3) is 4.84. The fourth-order valence-corrected chi connectivity index (χ4v) is 5.15. The molecule has 0 radical (unpaired) electrons. The van der Waals surface area contributed by atoms with Gasteiger partial charge >= 0.3 is 0 Å². The van der Waals surface area contributed by atoms with E-state index in [2.05, 4.69) is 11.2 Å². The van der Waals surface area contributed by atoms with Gasteiger partial charge in [-0.1, -0.05) is 72.8 Å². The SMILES string of the molecule is Cc1cc(C(=O)CCc2ccc(-c3ccccc3S(N)(=O)=O)cc2)n(-c2ccc3ccccc3c2)n1. The molecule has 4 aromatic carbocycles. The predicted molar refractivity (Wildman–Crippen MR) is 142 cm³/mol. The summed E-state index contributed by atoms with van der Waals surface area (Å²) in [4.78, 5) is 13.3. The van der Waals surface area contributed by atoms with Crippen LogP contribution in [0.3, 0.4) is 0 Å². The largest absolute Gasteiger partial charge is 0.292 e. The molecular formula is C29H25N3O3S. The van der Waals surface area contributed by atoms with Crippen LogP contribution >= 0.6 is 0 Å². The van der Waals surface area contributed by atoms with E-state index in [0.717, 1.165) is 33.3 Å². The lowest BCUT2D eigenvalue weighted by Gasteiger charge is -2.10. The van der Waals surface area contributed by atoms with Crippen LogP contribution in [0.15, 0.2) is 102 Å². The lowest BCUT2D eigenvalue weighted by molar-refractivity contribution is 0.0975. The minimum absolute atomic E-state index is 0.00686. The first-order valence-corrected chi connectivity index (χ1v) is 13.1. The number of carbonyl (C=O) groups is 1. The van der Waals surface area contributed by atoms with Gasteiger partial charge in [0.1, 0.15) is 5.69 Å². The highest BCUT2D eigenvalue weighted by atomic mass is 32.2. The molecule has 0 saturated heterocycles. The monoisotopic (exact) mass is 495 g/mol. The Balaban J connectivity index is 1.34. The van der Waals surface area contributed by atoms with Gasteiger partial charge in [-0.2, -0.15) is 5.10 Å². The van der Waals surface area contributed by atoms with Gasteiger partial charge in [-0.25, -0.2) is 18.2 Å². The Kier molecular flexibility index (Phi) is 6.26. The Morgan fingerprint density at radius 2 is 1.56 bits per heavy atom. The minimum atomic E-state index is -3.83. The first-order valence-electron chi connectivity index (χ1n) is 11.6. The second kappa shape index (κ2) is 9.53. The summed E-state index contributed by atoms with van der Waals surface area (Å²) >= 11 is 0. The van der Waals surface area contributed by atoms with E-state index in [1.807, 2.05) is 73.7 Å². The molecule has 7 heteroatoms. The molecule has 0 bridgehead atoms. The molecule has 5 rings (SSSR count). The highest BCUT2D eigenvalue weighted by Gasteiger charge is 2.17. The Hall–Kier alpha value is -4.07. The fourth-order valence-electron chi connectivity index (χ4n) is 4.39. The molecule has 5 aromatic rings. The molecule has 2 N–H and O–H groups in total. The van der Waals surface area contributed by atoms with Crippen LogP contribution in [0.25, 0.3) is 27.6 Å². The third-order valence-electron chi connectivity index (χ3n) is 6.19. The number of nitrogens with zero attached hydrogens (tertiary/aromatic N) is 2. The molecule has 6 nitrogen and oxygen atoms in total. The van der Waals surface area contributed by atoms with Crippen molar-refractivity contribution in [2.75, 3.05) is 0 Å². The van der Waals surface area contributed by atoms with Crippen LogP contribution < -0.4 is 5.14 Å². The van der Waals surface area contributed by atoms with Gasteiger partial charge in [0.2, 0.25) is 10.0 Å². The Bertz CT molecular complexity index is 1690. The molecule has 0 atom stereocenters. The molecule has 0 fully saturated rings. The molecule has 0 amide bonds. The van der Waals surface area contributed by atoms with Gasteiger partial charge in [0, 0.05) is 12.0 Å². The number of nitrogens with two attached hydrogens (primary N) is 1. The van der Waals surface area contributed by atoms with Gasteiger partial charge in [-0.05, 0) is 59.5 Å². The van der Waals surface area contributed by atoms with Gasteiger partial charge in [-0.3, -0.25) is 4.79 Å². The molecule has 0 saturated carbocycles. The van der Waals surface area contributed by atoms with E-state index >= 15 is 0 Å². The van der Waals surface area contributed by atoms with Crippen LogP contribution in [0, 0.1) is 6.92 Å². The average molecular weight is 496 g/mol. The van der Waals surface area contributed by atoms with Crippen molar-refractivity contribution in [3.63, 3.8) is 0 Å². The molecular weight excluding hydrogens is 470 g/mol. The van der Waals surface area contributed by atoms with Crippen LogP contribution in [-0.2, 0) is 16.4 Å². The molecule has 0 aliphatic heterocycles. The zero-order valence-corrected chi connectivity index (χ0v) is 20.6. The lowest BCUT2D eigenvalue weighted by Crippen LogP contribution is -2.13. The molecule has 0 spiro atoms. The van der Waals surface area contributed by atoms with Crippen LogP contribution in [0.4, 0.5) is 0 Å². The van der Waals surface area contributed by atoms with Gasteiger partial charge < -0.3 is 0 Å². The van der Waals surface area contributed by atoms with Crippen LogP contribution in [-0.4, -0.2) is 24.0 Å². The summed E-state index contributed by atoms with van der Waals surface area (Å²) in [7, 11) is -3.83. The van der Waals surface area contributed by atoms with Crippen molar-refractivity contribution in [2.24, 2.45) is 5.14 Å². The minimum Gasteiger partial charge on any atom is -0.292 e.